The number of rotatable bonds is 6. The first-order chi connectivity index (χ1) is 9.28. The third-order valence-electron chi connectivity index (χ3n) is 2.70. The number of hydrogen-bond donors (Lipinski definition) is 2. The topological polar surface area (TPSA) is 59.0 Å². The van der Waals surface area contributed by atoms with Crippen LogP contribution in [-0.4, -0.2) is 22.5 Å². The number of amides is 1. The van der Waals surface area contributed by atoms with Gasteiger partial charge in [0.05, 0.1) is 12.0 Å². The molecule has 0 aliphatic rings. The zero-order valence-electron chi connectivity index (χ0n) is 11.0. The molecule has 2 rings (SSSR count). The van der Waals surface area contributed by atoms with Crippen molar-refractivity contribution >= 4 is 5.91 Å². The van der Waals surface area contributed by atoms with Crippen LogP contribution in [0, 0.1) is 0 Å². The van der Waals surface area contributed by atoms with Crippen molar-refractivity contribution in [1.82, 2.24) is 20.2 Å². The van der Waals surface area contributed by atoms with Crippen LogP contribution in [0.3, 0.4) is 0 Å². The van der Waals surface area contributed by atoms with Gasteiger partial charge in [0.2, 0.25) is 5.91 Å². The van der Waals surface area contributed by atoms with Gasteiger partial charge in [-0.2, -0.15) is 0 Å². The Balaban J connectivity index is 1.80. The van der Waals surface area contributed by atoms with Crippen LogP contribution in [-0.2, 0) is 24.4 Å². The van der Waals surface area contributed by atoms with Gasteiger partial charge in [0.1, 0.15) is 6.54 Å². The van der Waals surface area contributed by atoms with Crippen molar-refractivity contribution in [3.05, 3.63) is 54.1 Å². The molecule has 2 aromatic rings. The molecule has 0 atom stereocenters. The molecule has 5 nitrogen and oxygen atoms in total. The summed E-state index contributed by atoms with van der Waals surface area (Å²) in [6, 6.07) is 9.86. The summed E-state index contributed by atoms with van der Waals surface area (Å²) in [5.41, 5.74) is 2.02. The lowest BCUT2D eigenvalue weighted by Gasteiger charge is -2.05. The number of carbonyl (C=O) groups excluding carboxylic acids is 1. The monoisotopic (exact) mass is 258 g/mol. The van der Waals surface area contributed by atoms with Crippen molar-refractivity contribution in [2.24, 2.45) is 0 Å². The second-order valence-corrected chi connectivity index (χ2v) is 4.33. The first-order valence-corrected chi connectivity index (χ1v) is 6.24. The molecule has 0 radical (unpaired) electrons. The fourth-order valence-corrected chi connectivity index (χ4v) is 1.78. The lowest BCUT2D eigenvalue weighted by atomic mass is 10.2. The highest BCUT2D eigenvalue weighted by molar-refractivity contribution is 5.75. The fourth-order valence-electron chi connectivity index (χ4n) is 1.78. The van der Waals surface area contributed by atoms with E-state index in [1.165, 1.54) is 0 Å². The smallest absolute Gasteiger partial charge is 0.240 e. The number of nitrogens with zero attached hydrogens (tertiary/aromatic N) is 2. The molecule has 0 spiro atoms. The molecule has 1 heterocycles. The minimum Gasteiger partial charge on any atom is -0.350 e. The molecular weight excluding hydrogens is 240 g/mol. The lowest BCUT2D eigenvalue weighted by Crippen LogP contribution is -2.26. The largest absolute Gasteiger partial charge is 0.350 e. The first kappa shape index (κ1) is 13.3. The van der Waals surface area contributed by atoms with Crippen molar-refractivity contribution in [3.8, 4) is 0 Å². The molecule has 0 aliphatic carbocycles. The van der Waals surface area contributed by atoms with Crippen molar-refractivity contribution in [2.45, 2.75) is 19.6 Å². The van der Waals surface area contributed by atoms with E-state index in [2.05, 4.69) is 15.6 Å². The van der Waals surface area contributed by atoms with Gasteiger partial charge >= 0.3 is 0 Å². The molecule has 1 amide bonds. The van der Waals surface area contributed by atoms with Crippen LogP contribution in [0.25, 0.3) is 0 Å². The zero-order chi connectivity index (χ0) is 13.5. The van der Waals surface area contributed by atoms with E-state index in [-0.39, 0.29) is 5.91 Å². The molecule has 2 N–H and O–H groups in total. The Hall–Kier alpha value is -2.14. The lowest BCUT2D eigenvalue weighted by molar-refractivity contribution is -0.121. The normalized spacial score (nSPS) is 10.4. The number of benzene rings is 1. The molecular formula is C14H18N4O. The third kappa shape index (κ3) is 4.22. The van der Waals surface area contributed by atoms with Gasteiger partial charge in [0, 0.05) is 19.3 Å². The molecule has 0 bridgehead atoms. The maximum atomic E-state index is 11.8. The summed E-state index contributed by atoms with van der Waals surface area (Å²) < 4.78 is 1.78. The van der Waals surface area contributed by atoms with Crippen molar-refractivity contribution < 1.29 is 4.79 Å². The fraction of sp³-hybridized carbons (Fsp3) is 0.286. The predicted molar refractivity (Wildman–Crippen MR) is 73.3 cm³/mol. The summed E-state index contributed by atoms with van der Waals surface area (Å²) in [6.07, 6.45) is 3.55. The second-order valence-electron chi connectivity index (χ2n) is 4.33. The van der Waals surface area contributed by atoms with Gasteiger partial charge in [-0.25, -0.2) is 4.98 Å². The highest BCUT2D eigenvalue weighted by Gasteiger charge is 2.04. The van der Waals surface area contributed by atoms with E-state index in [9.17, 15) is 4.79 Å². The van der Waals surface area contributed by atoms with E-state index in [0.717, 1.165) is 11.3 Å². The summed E-state index contributed by atoms with van der Waals surface area (Å²) in [7, 11) is 1.87. The molecule has 0 fully saturated rings. The molecule has 100 valence electrons. The van der Waals surface area contributed by atoms with Crippen molar-refractivity contribution in [2.75, 3.05) is 7.05 Å². The van der Waals surface area contributed by atoms with Crippen LogP contribution in [0.5, 0.6) is 0 Å². The molecule has 1 aromatic heterocycles. The van der Waals surface area contributed by atoms with E-state index in [1.54, 1.807) is 10.9 Å². The number of carbonyl (C=O) groups is 1. The molecule has 0 saturated carbocycles. The van der Waals surface area contributed by atoms with E-state index in [0.29, 0.717) is 19.6 Å². The number of nitrogens with one attached hydrogen (secondary N) is 2. The average molecular weight is 258 g/mol. The Morgan fingerprint density at radius 2 is 2.05 bits per heavy atom. The second kappa shape index (κ2) is 6.70. The minimum atomic E-state index is -0.0164. The summed E-state index contributed by atoms with van der Waals surface area (Å²) in [4.78, 5) is 16.0. The van der Waals surface area contributed by atoms with Crippen molar-refractivity contribution in [3.63, 3.8) is 0 Å². The Morgan fingerprint density at radius 3 is 2.79 bits per heavy atom. The Morgan fingerprint density at radius 1 is 1.26 bits per heavy atom. The summed E-state index contributed by atoms with van der Waals surface area (Å²) >= 11 is 0. The molecule has 1 aromatic carbocycles. The number of imidazole rings is 1. The summed E-state index contributed by atoms with van der Waals surface area (Å²) in [6.45, 7) is 1.56. The van der Waals surface area contributed by atoms with E-state index in [4.69, 9.17) is 0 Å². The highest BCUT2D eigenvalue weighted by Crippen LogP contribution is 1.98. The molecule has 0 saturated heterocycles. The number of aromatic nitrogens is 2. The van der Waals surface area contributed by atoms with Crippen LogP contribution < -0.4 is 10.6 Å². The van der Waals surface area contributed by atoms with Gasteiger partial charge in [-0.3, -0.25) is 4.79 Å². The third-order valence-corrected chi connectivity index (χ3v) is 2.70. The minimum absolute atomic E-state index is 0.0164. The van der Waals surface area contributed by atoms with Crippen molar-refractivity contribution in [1.29, 1.82) is 0 Å². The summed E-state index contributed by atoms with van der Waals surface area (Å²) in [5, 5.41) is 5.91. The van der Waals surface area contributed by atoms with Gasteiger partial charge in [-0.05, 0) is 12.6 Å². The zero-order valence-corrected chi connectivity index (χ0v) is 11.0. The SMILES string of the molecule is CNCc1cn(CC(=O)NCc2ccccc2)cn1. The van der Waals surface area contributed by atoms with Gasteiger partial charge in [-0.1, -0.05) is 30.3 Å². The van der Waals surface area contributed by atoms with E-state index >= 15 is 0 Å². The molecule has 5 heteroatoms. The van der Waals surface area contributed by atoms with Crippen LogP contribution >= 0.6 is 0 Å². The Labute approximate surface area is 112 Å². The van der Waals surface area contributed by atoms with Gasteiger partial charge in [-0.15, -0.1) is 0 Å². The highest BCUT2D eigenvalue weighted by atomic mass is 16.1. The van der Waals surface area contributed by atoms with E-state index in [1.807, 2.05) is 43.6 Å². The average Bonchev–Trinajstić information content (AvgIpc) is 2.85. The van der Waals surface area contributed by atoms with E-state index < -0.39 is 0 Å². The maximum absolute atomic E-state index is 11.8. The predicted octanol–water partition coefficient (Wildman–Crippen LogP) is 0.919. The molecule has 0 aliphatic heterocycles. The van der Waals surface area contributed by atoms with Crippen LogP contribution in [0.15, 0.2) is 42.9 Å². The van der Waals surface area contributed by atoms with Gasteiger partial charge < -0.3 is 15.2 Å². The first-order valence-electron chi connectivity index (χ1n) is 6.24. The Bertz CT molecular complexity index is 521. The van der Waals surface area contributed by atoms with Crippen LogP contribution in [0.1, 0.15) is 11.3 Å². The molecule has 0 unspecified atom stereocenters. The van der Waals surface area contributed by atoms with Gasteiger partial charge in [0.25, 0.3) is 0 Å². The van der Waals surface area contributed by atoms with Gasteiger partial charge in [0.15, 0.2) is 0 Å². The Kier molecular flexibility index (Phi) is 4.69. The van der Waals surface area contributed by atoms with Crippen LogP contribution in [0.4, 0.5) is 0 Å². The maximum Gasteiger partial charge on any atom is 0.240 e. The van der Waals surface area contributed by atoms with Crippen LogP contribution in [0.2, 0.25) is 0 Å². The summed E-state index contributed by atoms with van der Waals surface area (Å²) in [5.74, 6) is -0.0164. The number of hydrogen-bond acceptors (Lipinski definition) is 3. The standard InChI is InChI=1S/C14H18N4O/c1-15-8-13-9-18(11-17-13)10-14(19)16-7-12-5-3-2-4-6-12/h2-6,9,11,15H,7-8,10H2,1H3,(H,16,19). The quantitative estimate of drug-likeness (QED) is 0.810. The molecule has 19 heavy (non-hydrogen) atoms.